The summed E-state index contributed by atoms with van der Waals surface area (Å²) in [5.41, 5.74) is 2.48. The van der Waals surface area contributed by atoms with Crippen LogP contribution in [0, 0.1) is 5.95 Å². The Bertz CT molecular complexity index is 850. The van der Waals surface area contributed by atoms with Gasteiger partial charge in [-0.05, 0) is 29.8 Å². The van der Waals surface area contributed by atoms with Crippen molar-refractivity contribution >= 4 is 11.8 Å². The lowest BCUT2D eigenvalue weighted by molar-refractivity contribution is -0.132. The van der Waals surface area contributed by atoms with Crippen LogP contribution in [0.3, 0.4) is 0 Å². The third-order valence-corrected chi connectivity index (χ3v) is 5.07. The number of nitrogens with zero attached hydrogens (tertiary/aromatic N) is 3. The second-order valence-electron chi connectivity index (χ2n) is 7.04. The van der Waals surface area contributed by atoms with Crippen molar-refractivity contribution in [3.05, 3.63) is 54.1 Å². The standard InChI is InChI=1S/C21H26FN5O2/c1-15(28)26-9-11-27(12-10-26)21(23-2)25-20(29)13-16-3-5-17(6-4-16)18-7-8-24-19(22)14-18/h3-8,14,21,23H,9-13H2,1-2H3,(H,25,29). The fourth-order valence-electron chi connectivity index (χ4n) is 3.43. The maximum Gasteiger partial charge on any atom is 0.226 e. The molecule has 154 valence electrons. The monoisotopic (exact) mass is 399 g/mol. The molecule has 1 aliphatic heterocycles. The van der Waals surface area contributed by atoms with E-state index in [4.69, 9.17) is 0 Å². The zero-order chi connectivity index (χ0) is 20.8. The highest BCUT2D eigenvalue weighted by Gasteiger charge is 2.24. The van der Waals surface area contributed by atoms with E-state index in [0.29, 0.717) is 26.2 Å². The van der Waals surface area contributed by atoms with Crippen molar-refractivity contribution in [2.24, 2.45) is 0 Å². The van der Waals surface area contributed by atoms with Gasteiger partial charge in [-0.1, -0.05) is 24.3 Å². The van der Waals surface area contributed by atoms with Crippen LogP contribution in [0.4, 0.5) is 4.39 Å². The number of halogens is 1. The average molecular weight is 399 g/mol. The van der Waals surface area contributed by atoms with Gasteiger partial charge in [0.1, 0.15) is 6.29 Å². The van der Waals surface area contributed by atoms with Crippen molar-refractivity contribution in [3.63, 3.8) is 0 Å². The van der Waals surface area contributed by atoms with Crippen molar-refractivity contribution in [3.8, 4) is 11.1 Å². The van der Waals surface area contributed by atoms with Crippen molar-refractivity contribution in [2.45, 2.75) is 19.6 Å². The molecule has 1 aromatic heterocycles. The van der Waals surface area contributed by atoms with E-state index in [2.05, 4.69) is 20.5 Å². The minimum absolute atomic E-state index is 0.0765. The normalized spacial score (nSPS) is 15.8. The van der Waals surface area contributed by atoms with Crippen LogP contribution >= 0.6 is 0 Å². The van der Waals surface area contributed by atoms with Crippen molar-refractivity contribution in [1.29, 1.82) is 0 Å². The first-order valence-corrected chi connectivity index (χ1v) is 9.63. The van der Waals surface area contributed by atoms with Crippen LogP contribution in [0.5, 0.6) is 0 Å². The Morgan fingerprint density at radius 1 is 1.10 bits per heavy atom. The highest BCUT2D eigenvalue weighted by Crippen LogP contribution is 2.20. The second kappa shape index (κ2) is 9.58. The van der Waals surface area contributed by atoms with Gasteiger partial charge in [-0.15, -0.1) is 0 Å². The Hall–Kier alpha value is -2.84. The van der Waals surface area contributed by atoms with E-state index in [9.17, 15) is 14.0 Å². The van der Waals surface area contributed by atoms with Gasteiger partial charge in [0.05, 0.1) is 6.42 Å². The van der Waals surface area contributed by atoms with Gasteiger partial charge in [0.15, 0.2) is 0 Å². The fraction of sp³-hybridized carbons (Fsp3) is 0.381. The van der Waals surface area contributed by atoms with E-state index < -0.39 is 5.95 Å². The molecule has 2 N–H and O–H groups in total. The molecule has 1 fully saturated rings. The van der Waals surface area contributed by atoms with E-state index in [0.717, 1.165) is 16.7 Å². The molecule has 0 radical (unpaired) electrons. The smallest absolute Gasteiger partial charge is 0.226 e. The number of carbonyl (C=O) groups is 2. The first kappa shape index (κ1) is 20.9. The molecular formula is C21H26FN5O2. The van der Waals surface area contributed by atoms with Crippen LogP contribution in [0.25, 0.3) is 11.1 Å². The number of aromatic nitrogens is 1. The predicted octanol–water partition coefficient (Wildman–Crippen LogP) is 1.21. The van der Waals surface area contributed by atoms with E-state index in [1.165, 1.54) is 12.3 Å². The molecule has 29 heavy (non-hydrogen) atoms. The molecule has 0 bridgehead atoms. The molecule has 0 aliphatic carbocycles. The Morgan fingerprint density at radius 2 is 1.79 bits per heavy atom. The van der Waals surface area contributed by atoms with Gasteiger partial charge in [-0.25, -0.2) is 4.98 Å². The van der Waals surface area contributed by atoms with E-state index in [1.807, 2.05) is 24.3 Å². The van der Waals surface area contributed by atoms with Crippen molar-refractivity contribution in [1.82, 2.24) is 25.4 Å². The van der Waals surface area contributed by atoms with Gasteiger partial charge in [0.25, 0.3) is 0 Å². The number of hydrogen-bond acceptors (Lipinski definition) is 5. The number of piperazine rings is 1. The molecule has 1 aromatic carbocycles. The Labute approximate surface area is 169 Å². The SMILES string of the molecule is CNC(NC(=O)Cc1ccc(-c2ccnc(F)c2)cc1)N1CCN(C(C)=O)CC1. The maximum atomic E-state index is 13.3. The summed E-state index contributed by atoms with van der Waals surface area (Å²) >= 11 is 0. The minimum Gasteiger partial charge on any atom is -0.340 e. The molecule has 0 spiro atoms. The number of nitrogens with one attached hydrogen (secondary N) is 2. The summed E-state index contributed by atoms with van der Waals surface area (Å²) in [4.78, 5) is 31.4. The first-order chi connectivity index (χ1) is 14.0. The number of rotatable bonds is 6. The number of benzene rings is 1. The number of amides is 2. The zero-order valence-corrected chi connectivity index (χ0v) is 16.7. The van der Waals surface area contributed by atoms with Gasteiger partial charge in [0.2, 0.25) is 17.8 Å². The van der Waals surface area contributed by atoms with Crippen molar-refractivity contribution < 1.29 is 14.0 Å². The maximum absolute atomic E-state index is 13.3. The Balaban J connectivity index is 1.55. The van der Waals surface area contributed by atoms with Crippen LogP contribution in [0.1, 0.15) is 12.5 Å². The zero-order valence-electron chi connectivity index (χ0n) is 16.7. The lowest BCUT2D eigenvalue weighted by Crippen LogP contribution is -2.61. The molecule has 1 unspecified atom stereocenters. The van der Waals surface area contributed by atoms with Gasteiger partial charge < -0.3 is 10.2 Å². The summed E-state index contributed by atoms with van der Waals surface area (Å²) in [6.45, 7) is 4.27. The van der Waals surface area contributed by atoms with E-state index in [-0.39, 0.29) is 24.5 Å². The third kappa shape index (κ3) is 5.58. The van der Waals surface area contributed by atoms with Gasteiger partial charge in [0, 0.05) is 45.4 Å². The number of pyridine rings is 1. The summed E-state index contributed by atoms with van der Waals surface area (Å²) in [7, 11) is 1.80. The molecule has 7 nitrogen and oxygen atoms in total. The average Bonchev–Trinajstić information content (AvgIpc) is 2.72. The van der Waals surface area contributed by atoms with Crippen LogP contribution in [-0.4, -0.2) is 66.1 Å². The predicted molar refractivity (Wildman–Crippen MR) is 108 cm³/mol. The van der Waals surface area contributed by atoms with Crippen LogP contribution in [-0.2, 0) is 16.0 Å². The Kier molecular flexibility index (Phi) is 6.90. The lowest BCUT2D eigenvalue weighted by Gasteiger charge is -2.38. The topological polar surface area (TPSA) is 77.6 Å². The summed E-state index contributed by atoms with van der Waals surface area (Å²) in [5, 5.41) is 6.11. The molecule has 2 amide bonds. The summed E-state index contributed by atoms with van der Waals surface area (Å²) in [6.07, 6.45) is 1.40. The molecule has 8 heteroatoms. The largest absolute Gasteiger partial charge is 0.340 e. The molecule has 1 saturated heterocycles. The van der Waals surface area contributed by atoms with Crippen molar-refractivity contribution in [2.75, 3.05) is 33.2 Å². The van der Waals surface area contributed by atoms with Crippen LogP contribution in [0.2, 0.25) is 0 Å². The van der Waals surface area contributed by atoms with Gasteiger partial charge in [-0.3, -0.25) is 19.8 Å². The first-order valence-electron chi connectivity index (χ1n) is 9.63. The fourth-order valence-corrected chi connectivity index (χ4v) is 3.43. The quantitative estimate of drug-likeness (QED) is 0.564. The van der Waals surface area contributed by atoms with E-state index in [1.54, 1.807) is 24.9 Å². The Morgan fingerprint density at radius 3 is 2.38 bits per heavy atom. The molecule has 2 aromatic rings. The highest BCUT2D eigenvalue weighted by molar-refractivity contribution is 5.79. The summed E-state index contributed by atoms with van der Waals surface area (Å²) in [6, 6.07) is 10.6. The lowest BCUT2D eigenvalue weighted by atomic mass is 10.0. The molecule has 0 saturated carbocycles. The van der Waals surface area contributed by atoms with E-state index >= 15 is 0 Å². The minimum atomic E-state index is -0.520. The number of hydrogen-bond donors (Lipinski definition) is 2. The van der Waals surface area contributed by atoms with Gasteiger partial charge >= 0.3 is 0 Å². The molecule has 1 atom stereocenters. The molecule has 3 rings (SSSR count). The molecule has 1 aliphatic rings. The van der Waals surface area contributed by atoms with Crippen LogP contribution in [0.15, 0.2) is 42.6 Å². The third-order valence-electron chi connectivity index (χ3n) is 5.07. The number of carbonyl (C=O) groups excluding carboxylic acids is 2. The highest BCUT2D eigenvalue weighted by atomic mass is 19.1. The summed E-state index contributed by atoms with van der Waals surface area (Å²) < 4.78 is 13.3. The second-order valence-corrected chi connectivity index (χ2v) is 7.04. The summed E-state index contributed by atoms with van der Waals surface area (Å²) in [5.74, 6) is -0.540. The van der Waals surface area contributed by atoms with Gasteiger partial charge in [-0.2, -0.15) is 4.39 Å². The van der Waals surface area contributed by atoms with Crippen LogP contribution < -0.4 is 10.6 Å². The molecular weight excluding hydrogens is 373 g/mol. The molecule has 2 heterocycles.